The number of piperidine rings is 2. The molecule has 4 aliphatic heterocycles. The van der Waals surface area contributed by atoms with Crippen LogP contribution in [0.2, 0.25) is 0 Å². The Bertz CT molecular complexity index is 1470. The summed E-state index contributed by atoms with van der Waals surface area (Å²) in [4.78, 5) is 5.15. The number of nitrogens with zero attached hydrogens (tertiary/aromatic N) is 2. The number of halogens is 1. The van der Waals surface area contributed by atoms with E-state index in [9.17, 15) is 0 Å². The minimum atomic E-state index is 0. The van der Waals surface area contributed by atoms with E-state index in [0.29, 0.717) is 54.9 Å². The second-order valence-electron chi connectivity index (χ2n) is 15.2. The fourth-order valence-electron chi connectivity index (χ4n) is 11.3. The van der Waals surface area contributed by atoms with Crippen LogP contribution < -0.4 is 9.47 Å². The molecule has 10 rings (SSSR count). The van der Waals surface area contributed by atoms with Crippen LogP contribution in [0.5, 0.6) is 11.5 Å². The van der Waals surface area contributed by atoms with Crippen LogP contribution in [0.4, 0.5) is 0 Å². The molecule has 4 nitrogen and oxygen atoms in total. The summed E-state index contributed by atoms with van der Waals surface area (Å²) in [5, 5.41) is 0. The third-order valence-electron chi connectivity index (χ3n) is 13.3. The lowest BCUT2D eigenvalue weighted by Crippen LogP contribution is -2.63. The zero-order valence-electron chi connectivity index (χ0n) is 29.3. The number of hydrogen-bond donors (Lipinski definition) is 0. The topological polar surface area (TPSA) is 24.9 Å². The van der Waals surface area contributed by atoms with E-state index < -0.39 is 0 Å². The predicted molar refractivity (Wildman–Crippen MR) is 186 cm³/mol. The number of ether oxygens (including phenoxy) is 2. The Hall–Kier alpha value is -2.27. The van der Waals surface area contributed by atoms with E-state index in [1.54, 1.807) is 29.2 Å². The van der Waals surface area contributed by atoms with Crippen LogP contribution in [0.1, 0.15) is 75.3 Å². The SMILES string of the molecule is Cc1ccc2c3c1O[C@H]1[C@@H](C)C=CC4[C@@H](C2)N(C)CC[C@@]341.Cc1ccc2c3c1O[C@H]1[C@@H](C)C=CC4[C@@H](C2)N(C)CC[C@@]341.Cl.[2H]CC. The minimum Gasteiger partial charge on any atom is -0.488 e. The number of benzene rings is 2. The van der Waals surface area contributed by atoms with Gasteiger partial charge >= 0.3 is 0 Å². The molecule has 8 aliphatic rings. The van der Waals surface area contributed by atoms with E-state index in [1.807, 2.05) is 0 Å². The molecule has 4 heterocycles. The van der Waals surface area contributed by atoms with E-state index in [4.69, 9.17) is 10.8 Å². The van der Waals surface area contributed by atoms with Gasteiger partial charge in [0.25, 0.3) is 0 Å². The normalized spacial score (nSPS) is 40.2. The van der Waals surface area contributed by atoms with Gasteiger partial charge in [-0.2, -0.15) is 0 Å². The molecule has 5 heteroatoms. The Morgan fingerprint density at radius 3 is 1.51 bits per heavy atom. The zero-order valence-corrected chi connectivity index (χ0v) is 29.1. The van der Waals surface area contributed by atoms with Gasteiger partial charge in [0.2, 0.25) is 0 Å². The summed E-state index contributed by atoms with van der Waals surface area (Å²) in [6.07, 6.45) is 15.4. The van der Waals surface area contributed by atoms with Gasteiger partial charge in [0, 0.05) is 59.1 Å². The van der Waals surface area contributed by atoms with Crippen molar-refractivity contribution in [2.45, 2.75) is 102 Å². The quantitative estimate of drug-likeness (QED) is 0.280. The molecule has 2 saturated heterocycles. The fraction of sp³-hybridized carbons (Fsp3) is 0.600. The van der Waals surface area contributed by atoms with Gasteiger partial charge in [-0.15, -0.1) is 12.4 Å². The van der Waals surface area contributed by atoms with Gasteiger partial charge in [-0.25, -0.2) is 0 Å². The summed E-state index contributed by atoms with van der Waals surface area (Å²) in [5.74, 6) is 4.74. The second kappa shape index (κ2) is 10.9. The smallest absolute Gasteiger partial charge is 0.126 e. The van der Waals surface area contributed by atoms with Crippen LogP contribution >= 0.6 is 12.4 Å². The van der Waals surface area contributed by atoms with Gasteiger partial charge in [0.15, 0.2) is 0 Å². The van der Waals surface area contributed by atoms with Crippen molar-refractivity contribution < 1.29 is 10.8 Å². The van der Waals surface area contributed by atoms with Gasteiger partial charge < -0.3 is 19.3 Å². The molecule has 4 aliphatic carbocycles. The van der Waals surface area contributed by atoms with Gasteiger partial charge in [-0.1, -0.05) is 76.2 Å². The molecule has 2 spiro atoms. The molecule has 0 aromatic heterocycles. The van der Waals surface area contributed by atoms with E-state index >= 15 is 0 Å². The average Bonchev–Trinajstić information content (AvgIpc) is 3.57. The standard InChI is InChI=1S/2C19H23NO.C2H6.ClH/c2*1-11-4-6-13-10-15-14-7-5-12(2)18-19(14,8-9-20(15)3)16(13)17(11)21-18;1-2;/h2*4-7,12,14-15,18H,8-10H2,1-3H3;1-2H3;1H/t2*12-,14?,15+,18-,19-;;/m00../s1/i;;1D;. The third kappa shape index (κ3) is 3.91. The first-order chi connectivity index (χ1) is 21.7. The zero-order chi connectivity index (χ0) is 31.4. The molecule has 0 amide bonds. The lowest BCUT2D eigenvalue weighted by molar-refractivity contribution is -0.0142. The molecule has 2 aromatic carbocycles. The molecule has 2 unspecified atom stereocenters. The number of likely N-dealkylation sites (tertiary alicyclic amines) is 2. The first-order valence-electron chi connectivity index (χ1n) is 18.0. The first kappa shape index (κ1) is 30.1. The Balaban J connectivity index is 0.000000133. The molecule has 242 valence electrons. The summed E-state index contributed by atoms with van der Waals surface area (Å²) < 4.78 is 19.4. The molecule has 4 bridgehead atoms. The van der Waals surface area contributed by atoms with E-state index in [0.717, 1.165) is 0 Å². The van der Waals surface area contributed by atoms with E-state index in [-0.39, 0.29) is 23.2 Å². The van der Waals surface area contributed by atoms with Crippen LogP contribution in [0.15, 0.2) is 48.6 Å². The van der Waals surface area contributed by atoms with Crippen LogP contribution in [0.25, 0.3) is 0 Å². The molecule has 0 N–H and O–H groups in total. The van der Waals surface area contributed by atoms with Crippen molar-refractivity contribution in [3.8, 4) is 11.5 Å². The van der Waals surface area contributed by atoms with Crippen molar-refractivity contribution in [3.63, 3.8) is 0 Å². The minimum absolute atomic E-state index is 0. The van der Waals surface area contributed by atoms with Crippen LogP contribution in [-0.4, -0.2) is 61.3 Å². The van der Waals surface area contributed by atoms with Crippen molar-refractivity contribution in [1.29, 1.82) is 0 Å². The number of likely N-dealkylation sites (N-methyl/N-ethyl adjacent to an activating group) is 2. The summed E-state index contributed by atoms with van der Waals surface area (Å²) >= 11 is 0. The van der Waals surface area contributed by atoms with Crippen molar-refractivity contribution >= 4 is 12.4 Å². The fourth-order valence-corrected chi connectivity index (χ4v) is 11.3. The summed E-state index contributed by atoms with van der Waals surface area (Å²) in [6.45, 7) is 13.8. The van der Waals surface area contributed by atoms with Crippen molar-refractivity contribution in [3.05, 3.63) is 82.0 Å². The monoisotopic (exact) mass is 629 g/mol. The Morgan fingerprint density at radius 1 is 0.711 bits per heavy atom. The Morgan fingerprint density at radius 2 is 1.11 bits per heavy atom. The van der Waals surface area contributed by atoms with E-state index in [2.05, 4.69) is 100 Å². The van der Waals surface area contributed by atoms with Gasteiger partial charge in [-0.05, 0) is 89.0 Å². The number of hydrogen-bond acceptors (Lipinski definition) is 4. The van der Waals surface area contributed by atoms with Crippen molar-refractivity contribution in [1.82, 2.24) is 9.80 Å². The second-order valence-corrected chi connectivity index (χ2v) is 15.2. The van der Waals surface area contributed by atoms with Crippen molar-refractivity contribution in [2.75, 3.05) is 27.2 Å². The lowest BCUT2D eigenvalue weighted by atomic mass is 9.52. The van der Waals surface area contributed by atoms with Crippen LogP contribution in [-0.2, 0) is 23.7 Å². The molecule has 10 atom stereocenters. The van der Waals surface area contributed by atoms with Gasteiger partial charge in [0.1, 0.15) is 23.7 Å². The maximum atomic E-state index is 6.59. The molecular weight excluding hydrogens is 576 g/mol. The molecule has 0 saturated carbocycles. The maximum Gasteiger partial charge on any atom is 0.126 e. The molecule has 0 radical (unpaired) electrons. The highest BCUT2D eigenvalue weighted by Gasteiger charge is 2.64. The Kier molecular flexibility index (Phi) is 7.28. The maximum absolute atomic E-state index is 6.59. The average molecular weight is 630 g/mol. The summed E-state index contributed by atoms with van der Waals surface area (Å²) in [7, 11) is 4.60. The highest BCUT2D eigenvalue weighted by Crippen LogP contribution is 2.63. The molecule has 2 aromatic rings. The van der Waals surface area contributed by atoms with E-state index in [1.165, 1.54) is 61.4 Å². The number of aryl methyl sites for hydroxylation is 2. The molecule has 2 fully saturated rings. The van der Waals surface area contributed by atoms with Gasteiger partial charge in [-0.3, -0.25) is 0 Å². The van der Waals surface area contributed by atoms with Crippen LogP contribution in [0, 0.1) is 37.5 Å². The highest BCUT2D eigenvalue weighted by molar-refractivity contribution is 5.85. The number of rotatable bonds is 0. The third-order valence-corrected chi connectivity index (χ3v) is 13.3. The summed E-state index contributed by atoms with van der Waals surface area (Å²) in [6, 6.07) is 10.6. The van der Waals surface area contributed by atoms with Crippen LogP contribution in [0.3, 0.4) is 0 Å². The Labute approximate surface area is 279 Å². The first-order valence-corrected chi connectivity index (χ1v) is 17.3. The van der Waals surface area contributed by atoms with Crippen molar-refractivity contribution in [2.24, 2.45) is 23.7 Å². The predicted octanol–water partition coefficient (Wildman–Crippen LogP) is 7.60. The summed E-state index contributed by atoms with van der Waals surface area (Å²) in [5.41, 5.74) is 9.40. The highest BCUT2D eigenvalue weighted by atomic mass is 35.5. The van der Waals surface area contributed by atoms with Gasteiger partial charge in [0.05, 0.1) is 0 Å². The largest absolute Gasteiger partial charge is 0.488 e. The molecule has 45 heavy (non-hydrogen) atoms. The molecular formula is C40H53ClN2O2. The lowest BCUT2D eigenvalue weighted by Gasteiger charge is -2.56.